The minimum absolute atomic E-state index is 0.239. The largest absolute Gasteiger partial charge is 0.395 e. The lowest BCUT2D eigenvalue weighted by molar-refractivity contribution is 0.162. The van der Waals surface area contributed by atoms with E-state index in [1.165, 1.54) is 0 Å². The first-order valence-electron chi connectivity index (χ1n) is 5.54. The van der Waals surface area contributed by atoms with Crippen LogP contribution in [-0.4, -0.2) is 45.3 Å². The van der Waals surface area contributed by atoms with Crippen LogP contribution in [-0.2, 0) is 6.54 Å². The molecule has 1 heterocycles. The minimum atomic E-state index is 0.239. The van der Waals surface area contributed by atoms with E-state index in [1.54, 1.807) is 6.20 Å². The summed E-state index contributed by atoms with van der Waals surface area (Å²) in [7, 11) is 0. The van der Waals surface area contributed by atoms with Crippen molar-refractivity contribution in [3.8, 4) is 0 Å². The smallest absolute Gasteiger partial charge is 0.0945 e. The number of hydrogen-bond acceptors (Lipinski definition) is 3. The van der Waals surface area contributed by atoms with Gasteiger partial charge in [-0.05, 0) is 20.3 Å². The third-order valence-electron chi connectivity index (χ3n) is 2.54. The Morgan fingerprint density at radius 3 is 2.73 bits per heavy atom. The van der Waals surface area contributed by atoms with Crippen molar-refractivity contribution in [2.24, 2.45) is 0 Å². The van der Waals surface area contributed by atoms with Gasteiger partial charge in [0.25, 0.3) is 0 Å². The third-order valence-corrected chi connectivity index (χ3v) is 2.54. The summed E-state index contributed by atoms with van der Waals surface area (Å²) >= 11 is 0. The second-order valence-electron chi connectivity index (χ2n) is 4.01. The fraction of sp³-hybridized carbons (Fsp3) is 0.727. The van der Waals surface area contributed by atoms with E-state index in [1.807, 2.05) is 12.5 Å². The van der Waals surface area contributed by atoms with Crippen molar-refractivity contribution in [3.63, 3.8) is 0 Å². The van der Waals surface area contributed by atoms with Crippen LogP contribution in [0.3, 0.4) is 0 Å². The summed E-state index contributed by atoms with van der Waals surface area (Å²) in [6.07, 6.45) is 6.71. The van der Waals surface area contributed by atoms with Crippen molar-refractivity contribution in [1.29, 1.82) is 0 Å². The molecule has 4 heteroatoms. The van der Waals surface area contributed by atoms with Crippen molar-refractivity contribution in [1.82, 2.24) is 14.5 Å². The van der Waals surface area contributed by atoms with E-state index in [0.29, 0.717) is 6.04 Å². The molecule has 0 atom stereocenters. The fourth-order valence-corrected chi connectivity index (χ4v) is 1.63. The van der Waals surface area contributed by atoms with Crippen LogP contribution in [0.25, 0.3) is 0 Å². The van der Waals surface area contributed by atoms with Gasteiger partial charge in [-0.2, -0.15) is 0 Å². The fourth-order valence-electron chi connectivity index (χ4n) is 1.63. The third kappa shape index (κ3) is 4.44. The van der Waals surface area contributed by atoms with Gasteiger partial charge >= 0.3 is 0 Å². The molecule has 0 aliphatic carbocycles. The van der Waals surface area contributed by atoms with Crippen molar-refractivity contribution >= 4 is 0 Å². The molecule has 4 nitrogen and oxygen atoms in total. The van der Waals surface area contributed by atoms with Crippen molar-refractivity contribution in [2.75, 3.05) is 19.7 Å². The van der Waals surface area contributed by atoms with E-state index >= 15 is 0 Å². The topological polar surface area (TPSA) is 41.3 Å². The number of aliphatic hydroxyl groups excluding tert-OH is 1. The first kappa shape index (κ1) is 12.2. The lowest BCUT2D eigenvalue weighted by atomic mass is 10.3. The zero-order chi connectivity index (χ0) is 11.1. The standard InChI is InChI=1S/C11H21N3O/c1-11(2)14(8-9-15)6-3-5-13-7-4-12-10-13/h4,7,10-11,15H,3,5-6,8-9H2,1-2H3. The Balaban J connectivity index is 2.22. The molecule has 0 fully saturated rings. The molecule has 0 unspecified atom stereocenters. The van der Waals surface area contributed by atoms with Crippen molar-refractivity contribution in [3.05, 3.63) is 18.7 Å². The van der Waals surface area contributed by atoms with Crippen LogP contribution in [0.1, 0.15) is 20.3 Å². The predicted octanol–water partition coefficient (Wildman–Crippen LogP) is 0.976. The molecular formula is C11H21N3O. The zero-order valence-corrected chi connectivity index (χ0v) is 9.63. The molecule has 1 rings (SSSR count). The first-order valence-corrected chi connectivity index (χ1v) is 5.54. The van der Waals surface area contributed by atoms with Crippen LogP contribution in [0.2, 0.25) is 0 Å². The molecule has 0 aliphatic heterocycles. The van der Waals surface area contributed by atoms with E-state index in [2.05, 4.69) is 28.3 Å². The molecule has 86 valence electrons. The highest BCUT2D eigenvalue weighted by molar-refractivity contribution is 4.74. The van der Waals surface area contributed by atoms with Crippen molar-refractivity contribution < 1.29 is 5.11 Å². The number of aliphatic hydroxyl groups is 1. The Hall–Kier alpha value is -0.870. The van der Waals surface area contributed by atoms with Crippen molar-refractivity contribution in [2.45, 2.75) is 32.9 Å². The highest BCUT2D eigenvalue weighted by Gasteiger charge is 2.07. The van der Waals surface area contributed by atoms with Gasteiger partial charge in [0.1, 0.15) is 0 Å². The summed E-state index contributed by atoms with van der Waals surface area (Å²) in [6, 6.07) is 0.500. The van der Waals surface area contributed by atoms with E-state index in [0.717, 1.165) is 26.1 Å². The van der Waals surface area contributed by atoms with E-state index in [4.69, 9.17) is 5.11 Å². The summed E-state index contributed by atoms with van der Waals surface area (Å²) in [4.78, 5) is 6.29. The maximum atomic E-state index is 8.91. The summed E-state index contributed by atoms with van der Waals surface area (Å²) in [5.74, 6) is 0. The lowest BCUT2D eigenvalue weighted by Crippen LogP contribution is -2.34. The zero-order valence-electron chi connectivity index (χ0n) is 9.63. The summed E-state index contributed by atoms with van der Waals surface area (Å²) < 4.78 is 2.08. The lowest BCUT2D eigenvalue weighted by Gasteiger charge is -2.25. The molecule has 1 aromatic rings. The Kier molecular flexibility index (Phi) is 5.36. The second-order valence-corrected chi connectivity index (χ2v) is 4.01. The van der Waals surface area contributed by atoms with Crippen LogP contribution in [0, 0.1) is 0 Å². The molecule has 1 aromatic heterocycles. The molecule has 0 radical (unpaired) electrons. The second kappa shape index (κ2) is 6.58. The van der Waals surface area contributed by atoms with Gasteiger partial charge in [0.15, 0.2) is 0 Å². The molecule has 0 saturated heterocycles. The number of rotatable bonds is 7. The number of aryl methyl sites for hydroxylation is 1. The summed E-state index contributed by atoms with van der Waals surface area (Å²) in [6.45, 7) is 7.34. The van der Waals surface area contributed by atoms with E-state index < -0.39 is 0 Å². The Bertz CT molecular complexity index is 246. The Morgan fingerprint density at radius 1 is 1.40 bits per heavy atom. The molecular weight excluding hydrogens is 190 g/mol. The minimum Gasteiger partial charge on any atom is -0.395 e. The monoisotopic (exact) mass is 211 g/mol. The van der Waals surface area contributed by atoms with Gasteiger partial charge in [-0.1, -0.05) is 0 Å². The molecule has 0 saturated carbocycles. The van der Waals surface area contributed by atoms with Gasteiger partial charge in [0.2, 0.25) is 0 Å². The predicted molar refractivity (Wildman–Crippen MR) is 60.6 cm³/mol. The number of hydrogen-bond donors (Lipinski definition) is 1. The normalized spacial score (nSPS) is 11.5. The van der Waals surface area contributed by atoms with Gasteiger partial charge in [-0.25, -0.2) is 4.98 Å². The molecule has 1 N–H and O–H groups in total. The van der Waals surface area contributed by atoms with Gasteiger partial charge < -0.3 is 9.67 Å². The molecule has 0 amide bonds. The molecule has 15 heavy (non-hydrogen) atoms. The average molecular weight is 211 g/mol. The van der Waals surface area contributed by atoms with Crippen LogP contribution >= 0.6 is 0 Å². The number of imidazole rings is 1. The summed E-state index contributed by atoms with van der Waals surface area (Å²) in [5, 5.41) is 8.91. The van der Waals surface area contributed by atoms with Gasteiger partial charge in [-0.15, -0.1) is 0 Å². The molecule has 0 aromatic carbocycles. The van der Waals surface area contributed by atoms with Gasteiger partial charge in [-0.3, -0.25) is 4.90 Å². The number of aromatic nitrogens is 2. The van der Waals surface area contributed by atoms with Crippen LogP contribution in [0.5, 0.6) is 0 Å². The van der Waals surface area contributed by atoms with Crippen LogP contribution in [0.15, 0.2) is 18.7 Å². The maximum absolute atomic E-state index is 8.91. The maximum Gasteiger partial charge on any atom is 0.0945 e. The Morgan fingerprint density at radius 2 is 2.20 bits per heavy atom. The molecule has 0 spiro atoms. The highest BCUT2D eigenvalue weighted by atomic mass is 16.3. The Labute approximate surface area is 91.5 Å². The first-order chi connectivity index (χ1) is 7.24. The molecule has 0 bridgehead atoms. The quantitative estimate of drug-likeness (QED) is 0.731. The SMILES string of the molecule is CC(C)N(CCO)CCCn1ccnc1. The van der Waals surface area contributed by atoms with Gasteiger partial charge in [0, 0.05) is 38.1 Å². The molecule has 0 aliphatic rings. The van der Waals surface area contributed by atoms with E-state index in [9.17, 15) is 0 Å². The van der Waals surface area contributed by atoms with Crippen LogP contribution in [0.4, 0.5) is 0 Å². The van der Waals surface area contributed by atoms with E-state index in [-0.39, 0.29) is 6.61 Å². The highest BCUT2D eigenvalue weighted by Crippen LogP contribution is 2.00. The average Bonchev–Trinajstić information content (AvgIpc) is 2.69. The van der Waals surface area contributed by atoms with Crippen LogP contribution < -0.4 is 0 Å². The summed E-state index contributed by atoms with van der Waals surface area (Å²) in [5.41, 5.74) is 0. The number of nitrogens with zero attached hydrogens (tertiary/aromatic N) is 3. The van der Waals surface area contributed by atoms with Gasteiger partial charge in [0.05, 0.1) is 12.9 Å².